The van der Waals surface area contributed by atoms with Gasteiger partial charge >= 0.3 is 0 Å². The topological polar surface area (TPSA) is 59.2 Å². The van der Waals surface area contributed by atoms with E-state index in [1.165, 1.54) is 0 Å². The summed E-state index contributed by atoms with van der Waals surface area (Å²) in [4.78, 5) is 24.8. The largest absolute Gasteiger partial charge is 0.443 e. The van der Waals surface area contributed by atoms with Crippen LogP contribution in [0.5, 0.6) is 0 Å². The Morgan fingerprint density at radius 2 is 2.25 bits per heavy atom. The number of aromatic nitrogens is 2. The summed E-state index contributed by atoms with van der Waals surface area (Å²) < 4.78 is 6.01. The molecule has 0 aliphatic carbocycles. The third kappa shape index (κ3) is 4.13. The molecule has 2 aromatic heterocycles. The maximum Gasteiger partial charge on any atom is 0.228 e. The van der Waals surface area contributed by atoms with E-state index in [0.29, 0.717) is 23.8 Å². The summed E-state index contributed by atoms with van der Waals surface area (Å²) in [6.07, 6.45) is 4.62. The maximum absolute atomic E-state index is 12.9. The van der Waals surface area contributed by atoms with Crippen molar-refractivity contribution >= 4 is 28.8 Å². The Bertz CT molecular complexity index is 997. The molecule has 0 saturated carbocycles. The number of hydrogen-bond donors (Lipinski definition) is 0. The number of benzene rings is 1. The molecular weight excluding hydrogens is 394 g/mol. The first-order valence-corrected chi connectivity index (χ1v) is 10.6. The van der Waals surface area contributed by atoms with Crippen LogP contribution in [-0.2, 0) is 17.6 Å². The fraction of sp³-hybridized carbons (Fsp3) is 0.381. The Kier molecular flexibility index (Phi) is 5.51. The van der Waals surface area contributed by atoms with Crippen molar-refractivity contribution in [3.05, 3.63) is 68.3 Å². The van der Waals surface area contributed by atoms with Crippen LogP contribution in [0.15, 0.2) is 34.9 Å². The van der Waals surface area contributed by atoms with E-state index in [2.05, 4.69) is 9.97 Å². The molecule has 0 bridgehead atoms. The van der Waals surface area contributed by atoms with Crippen LogP contribution < -0.4 is 0 Å². The molecule has 146 valence electrons. The number of aryl methyl sites for hydroxylation is 2. The summed E-state index contributed by atoms with van der Waals surface area (Å²) in [5, 5.41) is 1.70. The number of carbonyl (C=O) groups excluding carboxylic acids is 1. The number of likely N-dealkylation sites (tertiary alicyclic amines) is 1. The summed E-state index contributed by atoms with van der Waals surface area (Å²) in [7, 11) is 0. The Labute approximate surface area is 173 Å². The molecule has 0 N–H and O–H groups in total. The van der Waals surface area contributed by atoms with E-state index in [-0.39, 0.29) is 11.9 Å². The molecule has 4 rings (SSSR count). The van der Waals surface area contributed by atoms with Gasteiger partial charge in [0.2, 0.25) is 11.8 Å². The summed E-state index contributed by atoms with van der Waals surface area (Å²) in [6.45, 7) is 4.68. The van der Waals surface area contributed by atoms with Crippen molar-refractivity contribution in [3.63, 3.8) is 0 Å². The lowest BCUT2D eigenvalue weighted by Crippen LogP contribution is -2.32. The second-order valence-electron chi connectivity index (χ2n) is 7.13. The second kappa shape index (κ2) is 8.05. The molecule has 28 heavy (non-hydrogen) atoms. The molecule has 1 aliphatic rings. The highest BCUT2D eigenvalue weighted by Crippen LogP contribution is 2.33. The van der Waals surface area contributed by atoms with Crippen LogP contribution in [0.2, 0.25) is 5.02 Å². The fourth-order valence-electron chi connectivity index (χ4n) is 3.70. The first kappa shape index (κ1) is 19.2. The zero-order valence-electron chi connectivity index (χ0n) is 15.9. The van der Waals surface area contributed by atoms with Gasteiger partial charge in [-0.1, -0.05) is 23.7 Å². The zero-order valence-corrected chi connectivity index (χ0v) is 17.5. The zero-order chi connectivity index (χ0) is 19.7. The van der Waals surface area contributed by atoms with Gasteiger partial charge < -0.3 is 9.32 Å². The van der Waals surface area contributed by atoms with Gasteiger partial charge in [0.1, 0.15) is 11.8 Å². The van der Waals surface area contributed by atoms with Gasteiger partial charge in [-0.2, -0.15) is 0 Å². The molecule has 0 spiro atoms. The van der Waals surface area contributed by atoms with Gasteiger partial charge in [-0.3, -0.25) is 4.79 Å². The Morgan fingerprint density at radius 1 is 1.39 bits per heavy atom. The highest BCUT2D eigenvalue weighted by atomic mass is 35.5. The summed E-state index contributed by atoms with van der Waals surface area (Å²) >= 11 is 7.66. The Balaban J connectivity index is 1.47. The molecule has 1 fully saturated rings. The minimum atomic E-state index is -0.0880. The van der Waals surface area contributed by atoms with E-state index in [9.17, 15) is 4.79 Å². The average Bonchev–Trinajstić information content (AvgIpc) is 3.35. The van der Waals surface area contributed by atoms with Crippen LogP contribution in [0.4, 0.5) is 0 Å². The van der Waals surface area contributed by atoms with Gasteiger partial charge in [0.25, 0.3) is 0 Å². The number of amides is 1. The monoisotopic (exact) mass is 415 g/mol. The van der Waals surface area contributed by atoms with Crippen LogP contribution in [0.3, 0.4) is 0 Å². The number of halogens is 1. The van der Waals surface area contributed by atoms with E-state index < -0.39 is 0 Å². The van der Waals surface area contributed by atoms with Crippen LogP contribution in [0, 0.1) is 13.8 Å². The highest BCUT2D eigenvalue weighted by Gasteiger charge is 2.33. The molecule has 1 amide bonds. The van der Waals surface area contributed by atoms with E-state index in [4.69, 9.17) is 16.0 Å². The first-order chi connectivity index (χ1) is 13.5. The lowest BCUT2D eigenvalue weighted by Gasteiger charge is -2.22. The van der Waals surface area contributed by atoms with Crippen LogP contribution in [-0.4, -0.2) is 27.3 Å². The summed E-state index contributed by atoms with van der Waals surface area (Å²) in [5.74, 6) is 1.52. The molecule has 5 nitrogen and oxygen atoms in total. The maximum atomic E-state index is 12.9. The van der Waals surface area contributed by atoms with Crippen molar-refractivity contribution in [1.29, 1.82) is 0 Å². The number of rotatable bonds is 5. The van der Waals surface area contributed by atoms with Crippen molar-refractivity contribution in [2.45, 2.75) is 45.6 Å². The van der Waals surface area contributed by atoms with Crippen molar-refractivity contribution in [3.8, 4) is 0 Å². The molecule has 3 heterocycles. The fourth-order valence-corrected chi connectivity index (χ4v) is 4.85. The standard InChI is InChI=1S/C21H22ClN3O2S/c1-13-19(28-14(2)24-13)11-20(26)25-8-4-7-18(25)21-23-12-17(27-21)10-15-5-3-6-16(22)9-15/h3,5-6,9,12,18H,4,7-8,10-11H2,1-2H3/t18-/m0/s1. The quantitative estimate of drug-likeness (QED) is 0.594. The normalized spacial score (nSPS) is 16.7. The molecule has 3 aromatic rings. The SMILES string of the molecule is Cc1nc(C)c(CC(=O)N2CCC[C@H]2c2ncc(Cc3cccc(Cl)c3)o2)s1. The third-order valence-electron chi connectivity index (χ3n) is 5.01. The third-order valence-corrected chi connectivity index (χ3v) is 6.32. The van der Waals surface area contributed by atoms with Crippen LogP contribution >= 0.6 is 22.9 Å². The molecule has 7 heteroatoms. The highest BCUT2D eigenvalue weighted by molar-refractivity contribution is 7.11. The number of carbonyl (C=O) groups is 1. The van der Waals surface area contributed by atoms with Gasteiger partial charge in [0, 0.05) is 22.9 Å². The lowest BCUT2D eigenvalue weighted by atomic mass is 10.1. The van der Waals surface area contributed by atoms with Crippen molar-refractivity contribution in [2.75, 3.05) is 6.54 Å². The summed E-state index contributed by atoms with van der Waals surface area (Å²) in [5.41, 5.74) is 2.03. The van der Waals surface area contributed by atoms with Gasteiger partial charge in [-0.15, -0.1) is 11.3 Å². The minimum Gasteiger partial charge on any atom is -0.443 e. The molecule has 1 aliphatic heterocycles. The van der Waals surface area contributed by atoms with Gasteiger partial charge in [-0.25, -0.2) is 9.97 Å². The molecule has 0 unspecified atom stereocenters. The van der Waals surface area contributed by atoms with Crippen molar-refractivity contribution in [2.24, 2.45) is 0 Å². The number of thiazole rings is 1. The number of oxazole rings is 1. The van der Waals surface area contributed by atoms with Crippen LogP contribution in [0.25, 0.3) is 0 Å². The lowest BCUT2D eigenvalue weighted by molar-refractivity contribution is -0.131. The van der Waals surface area contributed by atoms with Gasteiger partial charge in [0.05, 0.1) is 23.3 Å². The first-order valence-electron chi connectivity index (χ1n) is 9.41. The van der Waals surface area contributed by atoms with E-state index in [0.717, 1.165) is 46.3 Å². The molecule has 0 radical (unpaired) electrons. The second-order valence-corrected chi connectivity index (χ2v) is 8.86. The summed E-state index contributed by atoms with van der Waals surface area (Å²) in [6, 6.07) is 7.63. The average molecular weight is 416 g/mol. The number of nitrogens with zero attached hydrogens (tertiary/aromatic N) is 3. The van der Waals surface area contributed by atoms with E-state index in [1.807, 2.05) is 43.0 Å². The molecule has 1 aromatic carbocycles. The Hall–Kier alpha value is -2.18. The minimum absolute atomic E-state index is 0.0880. The predicted octanol–water partition coefficient (Wildman–Crippen LogP) is 4.90. The molecular formula is C21H22ClN3O2S. The number of hydrogen-bond acceptors (Lipinski definition) is 5. The smallest absolute Gasteiger partial charge is 0.228 e. The van der Waals surface area contributed by atoms with Gasteiger partial charge in [-0.05, 0) is 44.4 Å². The Morgan fingerprint density at radius 3 is 3.00 bits per heavy atom. The molecule has 1 saturated heterocycles. The van der Waals surface area contributed by atoms with Crippen molar-refractivity contribution < 1.29 is 9.21 Å². The van der Waals surface area contributed by atoms with Crippen molar-refractivity contribution in [1.82, 2.24) is 14.9 Å². The predicted molar refractivity (Wildman–Crippen MR) is 110 cm³/mol. The van der Waals surface area contributed by atoms with Gasteiger partial charge in [0.15, 0.2) is 0 Å². The van der Waals surface area contributed by atoms with Crippen LogP contribution in [0.1, 0.15) is 51.7 Å². The molecule has 1 atom stereocenters. The van der Waals surface area contributed by atoms with E-state index >= 15 is 0 Å². The van der Waals surface area contributed by atoms with E-state index in [1.54, 1.807) is 17.5 Å².